The summed E-state index contributed by atoms with van der Waals surface area (Å²) >= 11 is 7.67. The molecular weight excluding hydrogens is 278 g/mol. The van der Waals surface area contributed by atoms with Gasteiger partial charge < -0.3 is 4.74 Å². The van der Waals surface area contributed by atoms with Gasteiger partial charge in [-0.1, -0.05) is 30.3 Å². The van der Waals surface area contributed by atoms with Crippen LogP contribution in [0.5, 0.6) is 5.75 Å². The second-order valence-electron chi connectivity index (χ2n) is 4.26. The van der Waals surface area contributed by atoms with Crippen LogP contribution in [0.25, 0.3) is 10.9 Å². The summed E-state index contributed by atoms with van der Waals surface area (Å²) in [5, 5.41) is 1.73. The van der Waals surface area contributed by atoms with Gasteiger partial charge in [-0.25, -0.2) is 4.98 Å². The maximum Gasteiger partial charge on any atom is 0.145 e. The van der Waals surface area contributed by atoms with Crippen LogP contribution in [-0.4, -0.2) is 18.3 Å². The lowest BCUT2D eigenvalue weighted by molar-refractivity contribution is 0.418. The summed E-state index contributed by atoms with van der Waals surface area (Å²) in [6.07, 6.45) is 2.71. The summed E-state index contributed by atoms with van der Waals surface area (Å²) < 4.78 is 5.39. The van der Waals surface area contributed by atoms with Gasteiger partial charge in [-0.3, -0.25) is 0 Å². The predicted molar refractivity (Wildman–Crippen MR) is 83.5 cm³/mol. The number of fused-ring (bicyclic) bond motifs is 1. The zero-order valence-electron chi connectivity index (χ0n) is 11.3. The average Bonchev–Trinajstić information content (AvgIpc) is 2.38. The smallest absolute Gasteiger partial charge is 0.145 e. The fraction of sp³-hybridized carbons (Fsp3) is 0.267. The molecule has 19 heavy (non-hydrogen) atoms. The molecule has 1 aromatic carbocycles. The second kappa shape index (κ2) is 5.85. The van der Waals surface area contributed by atoms with Gasteiger partial charge in [0.05, 0.1) is 7.11 Å². The molecule has 2 rings (SSSR count). The van der Waals surface area contributed by atoms with Gasteiger partial charge in [0.15, 0.2) is 0 Å². The molecule has 0 radical (unpaired) electrons. The minimum Gasteiger partial charge on any atom is -0.494 e. The van der Waals surface area contributed by atoms with E-state index >= 15 is 0 Å². The van der Waals surface area contributed by atoms with Gasteiger partial charge in [0.2, 0.25) is 0 Å². The Morgan fingerprint density at radius 3 is 2.79 bits per heavy atom. The largest absolute Gasteiger partial charge is 0.494 e. The number of methoxy groups -OCH3 is 1. The summed E-state index contributed by atoms with van der Waals surface area (Å²) in [6, 6.07) is 5.98. The third kappa shape index (κ3) is 2.72. The summed E-state index contributed by atoms with van der Waals surface area (Å²) in [5.41, 5.74) is 3.02. The summed E-state index contributed by atoms with van der Waals surface area (Å²) in [7, 11) is 1.67. The van der Waals surface area contributed by atoms with Crippen molar-refractivity contribution in [1.29, 1.82) is 0 Å². The van der Waals surface area contributed by atoms with Crippen molar-refractivity contribution in [3.05, 3.63) is 41.1 Å². The number of pyridine rings is 1. The first kappa shape index (κ1) is 14.2. The van der Waals surface area contributed by atoms with Crippen LogP contribution in [0.2, 0.25) is 0 Å². The first-order valence-electron chi connectivity index (χ1n) is 5.92. The van der Waals surface area contributed by atoms with Crippen LogP contribution in [-0.2, 0) is 6.42 Å². The van der Waals surface area contributed by atoms with Crippen LogP contribution in [0.4, 0.5) is 0 Å². The highest BCUT2D eigenvalue weighted by molar-refractivity contribution is 7.98. The number of ether oxygens (including phenoxy) is 1. The molecule has 0 N–H and O–H groups in total. The number of allylic oxidation sites excluding steroid dienone is 1. The highest BCUT2D eigenvalue weighted by Gasteiger charge is 2.14. The summed E-state index contributed by atoms with van der Waals surface area (Å²) in [5.74, 6) is 0.798. The molecule has 0 aliphatic rings. The van der Waals surface area contributed by atoms with Crippen LogP contribution in [0.3, 0.4) is 0 Å². The van der Waals surface area contributed by atoms with Crippen LogP contribution >= 0.6 is 23.4 Å². The Kier molecular flexibility index (Phi) is 4.38. The molecule has 0 amide bonds. The number of halogens is 1. The first-order valence-corrected chi connectivity index (χ1v) is 7.52. The molecule has 100 valence electrons. The molecule has 0 fully saturated rings. The second-order valence-corrected chi connectivity index (χ2v) is 5.61. The molecule has 0 bridgehead atoms. The molecule has 0 atom stereocenters. The SMILES string of the molecule is C=C(Cl)Cc1c(C)nc2c(OC)cccc2c1SC. The van der Waals surface area contributed by atoms with E-state index in [9.17, 15) is 0 Å². The number of thioether (sulfide) groups is 1. The van der Waals surface area contributed by atoms with Gasteiger partial charge in [-0.05, 0) is 24.8 Å². The Labute approximate surface area is 122 Å². The molecule has 0 saturated heterocycles. The van der Waals surface area contributed by atoms with Gasteiger partial charge in [-0.2, -0.15) is 0 Å². The monoisotopic (exact) mass is 293 g/mol. The number of hydrogen-bond donors (Lipinski definition) is 0. The molecule has 0 aliphatic carbocycles. The lowest BCUT2D eigenvalue weighted by Crippen LogP contribution is -1.99. The Morgan fingerprint density at radius 2 is 2.21 bits per heavy atom. The zero-order valence-corrected chi connectivity index (χ0v) is 12.9. The van der Waals surface area contributed by atoms with Crippen LogP contribution < -0.4 is 4.74 Å². The van der Waals surface area contributed by atoms with Gasteiger partial charge in [-0.15, -0.1) is 11.8 Å². The number of hydrogen-bond acceptors (Lipinski definition) is 3. The Balaban J connectivity index is 2.79. The first-order chi connectivity index (χ1) is 9.08. The molecule has 0 saturated carbocycles. The lowest BCUT2D eigenvalue weighted by atomic mass is 10.1. The molecule has 2 aromatic rings. The van der Waals surface area contributed by atoms with Crippen molar-refractivity contribution in [1.82, 2.24) is 4.98 Å². The number of benzene rings is 1. The quantitative estimate of drug-likeness (QED) is 0.771. The predicted octanol–water partition coefficient (Wildman–Crippen LogP) is 4.57. The third-order valence-electron chi connectivity index (χ3n) is 3.03. The highest BCUT2D eigenvalue weighted by Crippen LogP contribution is 2.35. The van der Waals surface area contributed by atoms with Crippen molar-refractivity contribution in [3.63, 3.8) is 0 Å². The fourth-order valence-corrected chi connectivity index (χ4v) is 3.17. The molecule has 2 nitrogen and oxygen atoms in total. The standard InChI is InChI=1S/C15H16ClNOS/c1-9(16)8-12-10(2)17-14-11(15(12)19-4)6-5-7-13(14)18-3/h5-7H,1,8H2,2-4H3. The van der Waals surface area contributed by atoms with E-state index in [-0.39, 0.29) is 0 Å². The van der Waals surface area contributed by atoms with E-state index in [0.717, 1.165) is 27.9 Å². The fourth-order valence-electron chi connectivity index (χ4n) is 2.18. The Morgan fingerprint density at radius 1 is 1.47 bits per heavy atom. The van der Waals surface area contributed by atoms with Crippen molar-refractivity contribution in [2.75, 3.05) is 13.4 Å². The normalized spacial score (nSPS) is 10.7. The average molecular weight is 294 g/mol. The van der Waals surface area contributed by atoms with Crippen LogP contribution in [0, 0.1) is 6.92 Å². The summed E-state index contributed by atoms with van der Waals surface area (Å²) in [6.45, 7) is 5.79. The minimum atomic E-state index is 0.627. The highest BCUT2D eigenvalue weighted by atomic mass is 35.5. The van der Waals surface area contributed by atoms with Gasteiger partial charge in [0.25, 0.3) is 0 Å². The van der Waals surface area contributed by atoms with E-state index in [0.29, 0.717) is 11.5 Å². The van der Waals surface area contributed by atoms with E-state index in [2.05, 4.69) is 23.9 Å². The number of aromatic nitrogens is 1. The third-order valence-corrected chi connectivity index (χ3v) is 4.03. The van der Waals surface area contributed by atoms with Crippen molar-refractivity contribution >= 4 is 34.3 Å². The molecule has 0 spiro atoms. The number of aryl methyl sites for hydroxylation is 1. The van der Waals surface area contributed by atoms with E-state index < -0.39 is 0 Å². The zero-order chi connectivity index (χ0) is 14.0. The van der Waals surface area contributed by atoms with Crippen LogP contribution in [0.15, 0.2) is 34.7 Å². The van der Waals surface area contributed by atoms with Crippen molar-refractivity contribution in [2.24, 2.45) is 0 Å². The molecule has 1 heterocycles. The van der Waals surface area contributed by atoms with E-state index in [4.69, 9.17) is 16.3 Å². The Hall–Kier alpha value is -1.19. The number of para-hydroxylation sites is 1. The molecular formula is C15H16ClNOS. The molecule has 0 aliphatic heterocycles. The molecule has 1 aromatic heterocycles. The maximum atomic E-state index is 5.97. The van der Waals surface area contributed by atoms with Crippen molar-refractivity contribution in [2.45, 2.75) is 18.2 Å². The van der Waals surface area contributed by atoms with Crippen LogP contribution in [0.1, 0.15) is 11.3 Å². The maximum absolute atomic E-state index is 5.97. The minimum absolute atomic E-state index is 0.627. The van der Waals surface area contributed by atoms with E-state index in [1.165, 1.54) is 4.90 Å². The number of rotatable bonds is 4. The lowest BCUT2D eigenvalue weighted by Gasteiger charge is -2.15. The van der Waals surface area contributed by atoms with E-state index in [1.807, 2.05) is 19.1 Å². The molecule has 4 heteroatoms. The summed E-state index contributed by atoms with van der Waals surface area (Å²) in [4.78, 5) is 5.87. The topological polar surface area (TPSA) is 22.1 Å². The van der Waals surface area contributed by atoms with Gasteiger partial charge in [0.1, 0.15) is 11.3 Å². The van der Waals surface area contributed by atoms with Crippen molar-refractivity contribution < 1.29 is 4.74 Å². The van der Waals surface area contributed by atoms with Crippen molar-refractivity contribution in [3.8, 4) is 5.75 Å². The van der Waals surface area contributed by atoms with Gasteiger partial charge >= 0.3 is 0 Å². The molecule has 0 unspecified atom stereocenters. The van der Waals surface area contributed by atoms with Gasteiger partial charge in [0, 0.05) is 27.4 Å². The Bertz CT molecular complexity index is 640. The van der Waals surface area contributed by atoms with E-state index in [1.54, 1.807) is 18.9 Å². The number of nitrogens with zero attached hydrogens (tertiary/aromatic N) is 1.